The van der Waals surface area contributed by atoms with Crippen molar-refractivity contribution in [2.75, 3.05) is 25.4 Å². The van der Waals surface area contributed by atoms with Crippen molar-refractivity contribution in [3.05, 3.63) is 45.9 Å². The Morgan fingerprint density at radius 2 is 2.41 bits per heavy atom. The lowest BCUT2D eigenvalue weighted by molar-refractivity contribution is -0.138. The number of amides is 1. The van der Waals surface area contributed by atoms with Gasteiger partial charge in [-0.2, -0.15) is 0 Å². The first-order valence-electron chi connectivity index (χ1n) is 7.27. The Morgan fingerprint density at radius 1 is 1.55 bits per heavy atom. The minimum atomic E-state index is -0.205. The molecule has 2 aromatic heterocycles. The van der Waals surface area contributed by atoms with E-state index >= 15 is 0 Å². The number of carbonyl (C=O) groups excluding carboxylic acids is 1. The van der Waals surface area contributed by atoms with Gasteiger partial charge in [-0.05, 0) is 30.5 Å². The molecule has 0 aromatic carbocycles. The molecule has 2 aromatic rings. The van der Waals surface area contributed by atoms with Crippen LogP contribution in [-0.2, 0) is 16.0 Å². The fraction of sp³-hybridized carbons (Fsp3) is 0.375. The number of ether oxygens (including phenoxy) is 1. The van der Waals surface area contributed by atoms with Crippen LogP contribution in [0.1, 0.15) is 22.4 Å². The minimum Gasteiger partial charge on any atom is -0.399 e. The summed E-state index contributed by atoms with van der Waals surface area (Å²) < 4.78 is 5.78. The van der Waals surface area contributed by atoms with E-state index in [1.807, 2.05) is 41.5 Å². The normalized spacial score (nSPS) is 18.4. The number of aryl methyl sites for hydroxylation is 1. The fourth-order valence-corrected chi connectivity index (χ4v) is 3.31. The Labute approximate surface area is 133 Å². The third-order valence-electron chi connectivity index (χ3n) is 3.65. The number of nitrogens with zero attached hydrogens (tertiary/aromatic N) is 2. The van der Waals surface area contributed by atoms with Crippen molar-refractivity contribution in [3.8, 4) is 0 Å². The average molecular weight is 317 g/mol. The molecule has 5 nitrogen and oxygen atoms in total. The van der Waals surface area contributed by atoms with Gasteiger partial charge in [0.1, 0.15) is 6.10 Å². The summed E-state index contributed by atoms with van der Waals surface area (Å²) >= 11 is 1.61. The highest BCUT2D eigenvalue weighted by atomic mass is 32.1. The molecule has 116 valence electrons. The summed E-state index contributed by atoms with van der Waals surface area (Å²) in [6.45, 7) is 3.58. The van der Waals surface area contributed by atoms with Gasteiger partial charge in [0.05, 0.1) is 25.3 Å². The van der Waals surface area contributed by atoms with Crippen LogP contribution in [0.25, 0.3) is 0 Å². The molecule has 1 atom stereocenters. The Hall–Kier alpha value is -1.92. The molecule has 0 saturated carbocycles. The smallest absolute Gasteiger partial charge is 0.228 e. The van der Waals surface area contributed by atoms with Crippen molar-refractivity contribution in [2.45, 2.75) is 19.4 Å². The molecule has 3 heterocycles. The molecule has 2 N–H and O–H groups in total. The first kappa shape index (κ1) is 15.0. The molecule has 1 saturated heterocycles. The van der Waals surface area contributed by atoms with Crippen LogP contribution >= 0.6 is 11.3 Å². The standard InChI is InChI=1S/C16H19N3O2S/c1-11-7-12(17)8-14(18-11)15-10-19(4-5-21-15)16(20)9-13-3-2-6-22-13/h2-3,6-8,15H,4-5,9-10H2,1H3,(H2,17,18)/t15-/m0/s1. The fourth-order valence-electron chi connectivity index (χ4n) is 2.62. The van der Waals surface area contributed by atoms with Crippen molar-refractivity contribution in [1.29, 1.82) is 0 Å². The van der Waals surface area contributed by atoms with Crippen LogP contribution in [0.5, 0.6) is 0 Å². The summed E-state index contributed by atoms with van der Waals surface area (Å²) in [6, 6.07) is 7.61. The predicted molar refractivity (Wildman–Crippen MR) is 86.7 cm³/mol. The third-order valence-corrected chi connectivity index (χ3v) is 4.53. The zero-order valence-corrected chi connectivity index (χ0v) is 13.3. The Kier molecular flexibility index (Phi) is 4.40. The van der Waals surface area contributed by atoms with Crippen molar-refractivity contribution in [2.24, 2.45) is 0 Å². The van der Waals surface area contributed by atoms with Gasteiger partial charge in [-0.25, -0.2) is 0 Å². The molecule has 0 spiro atoms. The first-order valence-corrected chi connectivity index (χ1v) is 8.15. The van der Waals surface area contributed by atoms with E-state index in [0.717, 1.165) is 16.3 Å². The number of nitrogens with two attached hydrogens (primary N) is 1. The second-order valence-electron chi connectivity index (χ2n) is 5.42. The van der Waals surface area contributed by atoms with Gasteiger partial charge in [0, 0.05) is 22.8 Å². The van der Waals surface area contributed by atoms with Gasteiger partial charge in [0.25, 0.3) is 0 Å². The molecular weight excluding hydrogens is 298 g/mol. The highest BCUT2D eigenvalue weighted by Crippen LogP contribution is 2.23. The Balaban J connectivity index is 1.69. The lowest BCUT2D eigenvalue weighted by atomic mass is 10.1. The van der Waals surface area contributed by atoms with E-state index in [1.54, 1.807) is 11.3 Å². The van der Waals surface area contributed by atoms with E-state index in [2.05, 4.69) is 4.98 Å². The highest BCUT2D eigenvalue weighted by molar-refractivity contribution is 7.10. The molecule has 3 rings (SSSR count). The topological polar surface area (TPSA) is 68.5 Å². The second kappa shape index (κ2) is 6.46. The van der Waals surface area contributed by atoms with Crippen LogP contribution in [0.2, 0.25) is 0 Å². The van der Waals surface area contributed by atoms with Crippen LogP contribution in [0.15, 0.2) is 29.6 Å². The average Bonchev–Trinajstić information content (AvgIpc) is 2.99. The third kappa shape index (κ3) is 3.45. The predicted octanol–water partition coefficient (Wildman–Crippen LogP) is 2.18. The van der Waals surface area contributed by atoms with Gasteiger partial charge in [0.15, 0.2) is 0 Å². The number of carbonyl (C=O) groups is 1. The molecule has 0 radical (unpaired) electrons. The van der Waals surface area contributed by atoms with E-state index in [1.165, 1.54) is 0 Å². The van der Waals surface area contributed by atoms with Gasteiger partial charge >= 0.3 is 0 Å². The van der Waals surface area contributed by atoms with Crippen LogP contribution in [0.4, 0.5) is 5.69 Å². The summed E-state index contributed by atoms with van der Waals surface area (Å²) in [5.41, 5.74) is 8.21. The van der Waals surface area contributed by atoms with E-state index in [-0.39, 0.29) is 12.0 Å². The summed E-state index contributed by atoms with van der Waals surface area (Å²) in [7, 11) is 0. The van der Waals surface area contributed by atoms with Gasteiger partial charge in [-0.1, -0.05) is 6.07 Å². The zero-order chi connectivity index (χ0) is 15.5. The quantitative estimate of drug-likeness (QED) is 0.942. The molecule has 1 aliphatic rings. The number of thiophene rings is 1. The Bertz CT molecular complexity index is 637. The monoisotopic (exact) mass is 317 g/mol. The second-order valence-corrected chi connectivity index (χ2v) is 6.45. The molecule has 0 unspecified atom stereocenters. The molecule has 0 bridgehead atoms. The lowest BCUT2D eigenvalue weighted by Crippen LogP contribution is -2.43. The van der Waals surface area contributed by atoms with E-state index in [9.17, 15) is 4.79 Å². The van der Waals surface area contributed by atoms with E-state index in [4.69, 9.17) is 10.5 Å². The number of aromatic nitrogens is 1. The zero-order valence-electron chi connectivity index (χ0n) is 12.5. The molecule has 6 heteroatoms. The van der Waals surface area contributed by atoms with Gasteiger partial charge < -0.3 is 15.4 Å². The minimum absolute atomic E-state index is 0.136. The number of pyridine rings is 1. The van der Waals surface area contributed by atoms with Gasteiger partial charge in [0.2, 0.25) is 5.91 Å². The van der Waals surface area contributed by atoms with Gasteiger partial charge in [-0.15, -0.1) is 11.3 Å². The van der Waals surface area contributed by atoms with Crippen LogP contribution in [-0.4, -0.2) is 35.5 Å². The van der Waals surface area contributed by atoms with Crippen LogP contribution in [0.3, 0.4) is 0 Å². The molecule has 0 aliphatic carbocycles. The number of hydrogen-bond acceptors (Lipinski definition) is 5. The number of nitrogen functional groups attached to an aromatic ring is 1. The number of morpholine rings is 1. The number of anilines is 1. The molecule has 22 heavy (non-hydrogen) atoms. The molecule has 1 amide bonds. The lowest BCUT2D eigenvalue weighted by Gasteiger charge is -2.33. The van der Waals surface area contributed by atoms with Crippen LogP contribution in [0, 0.1) is 6.92 Å². The molecular formula is C16H19N3O2S. The number of hydrogen-bond donors (Lipinski definition) is 1. The summed E-state index contributed by atoms with van der Waals surface area (Å²) in [6.07, 6.45) is 0.247. The van der Waals surface area contributed by atoms with E-state index in [0.29, 0.717) is 31.8 Å². The maximum absolute atomic E-state index is 12.4. The van der Waals surface area contributed by atoms with Gasteiger partial charge in [-0.3, -0.25) is 9.78 Å². The maximum Gasteiger partial charge on any atom is 0.228 e. The van der Waals surface area contributed by atoms with Crippen molar-refractivity contribution >= 4 is 22.9 Å². The summed E-state index contributed by atoms with van der Waals surface area (Å²) in [5, 5.41) is 1.99. The van der Waals surface area contributed by atoms with Crippen molar-refractivity contribution in [3.63, 3.8) is 0 Å². The molecule has 1 aliphatic heterocycles. The largest absolute Gasteiger partial charge is 0.399 e. The Morgan fingerprint density at radius 3 is 3.14 bits per heavy atom. The van der Waals surface area contributed by atoms with Crippen molar-refractivity contribution in [1.82, 2.24) is 9.88 Å². The number of rotatable bonds is 3. The SMILES string of the molecule is Cc1cc(N)cc([C@@H]2CN(C(=O)Cc3cccs3)CCO2)n1. The highest BCUT2D eigenvalue weighted by Gasteiger charge is 2.26. The first-order chi connectivity index (χ1) is 10.6. The summed E-state index contributed by atoms with van der Waals surface area (Å²) in [5.74, 6) is 0.136. The van der Waals surface area contributed by atoms with Crippen LogP contribution < -0.4 is 5.73 Å². The summed E-state index contributed by atoms with van der Waals surface area (Å²) in [4.78, 5) is 19.8. The van der Waals surface area contributed by atoms with Crippen molar-refractivity contribution < 1.29 is 9.53 Å². The maximum atomic E-state index is 12.4. The molecule has 1 fully saturated rings. The van der Waals surface area contributed by atoms with E-state index < -0.39 is 0 Å².